The maximum Gasteiger partial charge on any atom is 0.165 e. The van der Waals surface area contributed by atoms with Crippen LogP contribution in [0.25, 0.3) is 0 Å². The van der Waals surface area contributed by atoms with Gasteiger partial charge in [0.25, 0.3) is 0 Å². The Hall–Kier alpha value is -2.01. The molecule has 0 fully saturated rings. The summed E-state index contributed by atoms with van der Waals surface area (Å²) in [5.74, 6) is 2.13. The summed E-state index contributed by atoms with van der Waals surface area (Å²) in [6.45, 7) is 4.54. The average Bonchev–Trinajstić information content (AvgIpc) is 2.87. The van der Waals surface area contributed by atoms with Crippen LogP contribution in [-0.2, 0) is 6.54 Å². The molecule has 0 bridgehead atoms. The van der Waals surface area contributed by atoms with Gasteiger partial charge in [0.1, 0.15) is 11.5 Å². The number of nitrogens with zero attached hydrogens (tertiary/aromatic N) is 2. The van der Waals surface area contributed by atoms with Crippen molar-refractivity contribution in [2.75, 3.05) is 7.11 Å². The van der Waals surface area contributed by atoms with Crippen LogP contribution in [0.2, 0.25) is 0 Å². The van der Waals surface area contributed by atoms with E-state index < -0.39 is 0 Å². The highest BCUT2D eigenvalue weighted by atomic mass is 16.5. The number of methoxy groups -OCH3 is 1. The fourth-order valence-electron chi connectivity index (χ4n) is 1.71. The zero-order valence-electron chi connectivity index (χ0n) is 11.5. The monoisotopic (exact) mass is 261 g/mol. The predicted octanol–water partition coefficient (Wildman–Crippen LogP) is 2.72. The topological polar surface area (TPSA) is 62.3 Å². The van der Waals surface area contributed by atoms with E-state index >= 15 is 0 Å². The van der Waals surface area contributed by atoms with Gasteiger partial charge in [-0.2, -0.15) is 5.10 Å². The van der Waals surface area contributed by atoms with Crippen molar-refractivity contribution in [3.05, 3.63) is 36.2 Å². The normalized spacial score (nSPS) is 10.8. The van der Waals surface area contributed by atoms with Crippen LogP contribution in [0, 0.1) is 0 Å². The molecular formula is C14H19N3O2. The van der Waals surface area contributed by atoms with Gasteiger partial charge >= 0.3 is 0 Å². The number of rotatable bonds is 5. The molecule has 0 atom stereocenters. The van der Waals surface area contributed by atoms with Crippen LogP contribution in [0.5, 0.6) is 17.2 Å². The van der Waals surface area contributed by atoms with Crippen LogP contribution in [0.1, 0.15) is 25.5 Å². The van der Waals surface area contributed by atoms with E-state index in [2.05, 4.69) is 18.9 Å². The molecule has 2 rings (SSSR count). The van der Waals surface area contributed by atoms with Gasteiger partial charge in [0.05, 0.1) is 19.5 Å². The first-order chi connectivity index (χ1) is 9.13. The summed E-state index contributed by atoms with van der Waals surface area (Å²) in [6, 6.07) is 5.90. The fourth-order valence-corrected chi connectivity index (χ4v) is 1.71. The summed E-state index contributed by atoms with van der Waals surface area (Å²) in [6.07, 6.45) is 3.56. The quantitative estimate of drug-likeness (QED) is 0.899. The van der Waals surface area contributed by atoms with Gasteiger partial charge in [-0.25, -0.2) is 0 Å². The summed E-state index contributed by atoms with van der Waals surface area (Å²) >= 11 is 0. The predicted molar refractivity (Wildman–Crippen MR) is 73.6 cm³/mol. The van der Waals surface area contributed by atoms with Crippen molar-refractivity contribution in [1.82, 2.24) is 9.78 Å². The van der Waals surface area contributed by atoms with E-state index in [1.54, 1.807) is 13.3 Å². The highest BCUT2D eigenvalue weighted by molar-refractivity contribution is 5.42. The Labute approximate surface area is 112 Å². The van der Waals surface area contributed by atoms with E-state index in [0.29, 0.717) is 24.1 Å². The van der Waals surface area contributed by atoms with Gasteiger partial charge in [-0.3, -0.25) is 4.68 Å². The van der Waals surface area contributed by atoms with Gasteiger partial charge < -0.3 is 15.2 Å². The van der Waals surface area contributed by atoms with E-state index in [9.17, 15) is 0 Å². The fraction of sp³-hybridized carbons (Fsp3) is 0.357. The van der Waals surface area contributed by atoms with E-state index in [-0.39, 0.29) is 0 Å². The molecule has 1 heterocycles. The zero-order valence-corrected chi connectivity index (χ0v) is 11.5. The van der Waals surface area contributed by atoms with Crippen molar-refractivity contribution in [3.8, 4) is 17.2 Å². The number of ether oxygens (including phenoxy) is 2. The third-order valence-electron chi connectivity index (χ3n) is 2.83. The number of benzene rings is 1. The van der Waals surface area contributed by atoms with Crippen LogP contribution in [0.4, 0.5) is 0 Å². The minimum absolute atomic E-state index is 0.302. The Bertz CT molecular complexity index is 549. The molecule has 0 amide bonds. The van der Waals surface area contributed by atoms with Crippen molar-refractivity contribution >= 4 is 0 Å². The average molecular weight is 261 g/mol. The smallest absolute Gasteiger partial charge is 0.165 e. The van der Waals surface area contributed by atoms with Gasteiger partial charge in [0, 0.05) is 24.2 Å². The highest BCUT2D eigenvalue weighted by Gasteiger charge is 2.08. The van der Waals surface area contributed by atoms with Crippen molar-refractivity contribution in [2.24, 2.45) is 5.73 Å². The van der Waals surface area contributed by atoms with Gasteiger partial charge in [-0.05, 0) is 19.9 Å². The lowest BCUT2D eigenvalue weighted by molar-refractivity contribution is 0.408. The molecule has 19 heavy (non-hydrogen) atoms. The summed E-state index contributed by atoms with van der Waals surface area (Å²) in [5, 5.41) is 4.24. The molecule has 0 aliphatic carbocycles. The molecule has 0 unspecified atom stereocenters. The molecule has 0 radical (unpaired) electrons. The van der Waals surface area contributed by atoms with E-state index in [1.807, 2.05) is 29.1 Å². The Morgan fingerprint density at radius 3 is 2.68 bits per heavy atom. The van der Waals surface area contributed by atoms with Crippen LogP contribution < -0.4 is 15.2 Å². The lowest BCUT2D eigenvalue weighted by Crippen LogP contribution is -2.00. The van der Waals surface area contributed by atoms with Gasteiger partial charge in [0.2, 0.25) is 0 Å². The molecular weight excluding hydrogens is 242 g/mol. The molecule has 5 heteroatoms. The molecule has 2 N–H and O–H groups in total. The molecule has 1 aromatic heterocycles. The van der Waals surface area contributed by atoms with Gasteiger partial charge in [0.15, 0.2) is 5.75 Å². The summed E-state index contributed by atoms with van der Waals surface area (Å²) in [4.78, 5) is 0. The molecule has 0 aliphatic rings. The molecule has 0 saturated heterocycles. The second kappa shape index (κ2) is 5.75. The van der Waals surface area contributed by atoms with E-state index in [0.717, 1.165) is 11.3 Å². The van der Waals surface area contributed by atoms with Crippen LogP contribution in [0.3, 0.4) is 0 Å². The largest absolute Gasteiger partial charge is 0.497 e. The standard InChI is InChI=1S/C14H19N3O2/c1-10(2)17-9-13(8-16-17)19-14-6-12(18-3)5-4-11(14)7-15/h4-6,8-10H,7,15H2,1-3H3. The van der Waals surface area contributed by atoms with Crippen molar-refractivity contribution in [2.45, 2.75) is 26.4 Å². The summed E-state index contributed by atoms with van der Waals surface area (Å²) in [7, 11) is 1.62. The maximum absolute atomic E-state index is 5.83. The third kappa shape index (κ3) is 3.06. The Morgan fingerprint density at radius 2 is 2.11 bits per heavy atom. The van der Waals surface area contributed by atoms with Crippen molar-refractivity contribution < 1.29 is 9.47 Å². The first kappa shape index (κ1) is 13.4. The second-order valence-electron chi connectivity index (χ2n) is 4.53. The number of hydrogen-bond acceptors (Lipinski definition) is 4. The molecule has 102 valence electrons. The van der Waals surface area contributed by atoms with Crippen LogP contribution in [0.15, 0.2) is 30.6 Å². The van der Waals surface area contributed by atoms with Gasteiger partial charge in [-0.15, -0.1) is 0 Å². The van der Waals surface area contributed by atoms with Gasteiger partial charge in [-0.1, -0.05) is 6.07 Å². The van der Waals surface area contributed by atoms with E-state index in [1.165, 1.54) is 0 Å². The first-order valence-corrected chi connectivity index (χ1v) is 6.23. The minimum atomic E-state index is 0.302. The molecule has 0 aliphatic heterocycles. The summed E-state index contributed by atoms with van der Waals surface area (Å²) in [5.41, 5.74) is 6.64. The van der Waals surface area contributed by atoms with Crippen LogP contribution >= 0.6 is 0 Å². The van der Waals surface area contributed by atoms with Crippen LogP contribution in [-0.4, -0.2) is 16.9 Å². The minimum Gasteiger partial charge on any atom is -0.497 e. The van der Waals surface area contributed by atoms with Crippen molar-refractivity contribution in [3.63, 3.8) is 0 Å². The lowest BCUT2D eigenvalue weighted by Gasteiger charge is -2.10. The molecule has 0 spiro atoms. The Kier molecular flexibility index (Phi) is 4.06. The third-order valence-corrected chi connectivity index (χ3v) is 2.83. The molecule has 1 aromatic carbocycles. The molecule has 2 aromatic rings. The number of nitrogens with two attached hydrogens (primary N) is 1. The highest BCUT2D eigenvalue weighted by Crippen LogP contribution is 2.29. The molecule has 0 saturated carbocycles. The Balaban J connectivity index is 2.25. The Morgan fingerprint density at radius 1 is 1.32 bits per heavy atom. The zero-order chi connectivity index (χ0) is 13.8. The SMILES string of the molecule is COc1ccc(CN)c(Oc2cnn(C(C)C)c2)c1. The molecule has 5 nitrogen and oxygen atoms in total. The summed E-state index contributed by atoms with van der Waals surface area (Å²) < 4.78 is 12.9. The number of aromatic nitrogens is 2. The maximum atomic E-state index is 5.83. The van der Waals surface area contributed by atoms with Crippen molar-refractivity contribution in [1.29, 1.82) is 0 Å². The lowest BCUT2D eigenvalue weighted by atomic mass is 10.2. The number of hydrogen-bond donors (Lipinski definition) is 1. The first-order valence-electron chi connectivity index (χ1n) is 6.23. The van der Waals surface area contributed by atoms with E-state index in [4.69, 9.17) is 15.2 Å². The second-order valence-corrected chi connectivity index (χ2v) is 4.53.